The van der Waals surface area contributed by atoms with E-state index < -0.39 is 0 Å². The normalized spacial score (nSPS) is 22.0. The Bertz CT molecular complexity index is 719. The molecule has 0 amide bonds. The Labute approximate surface area is 139 Å². The Balaban J connectivity index is 1.56. The number of nitrogens with zero attached hydrogens (tertiary/aromatic N) is 2. The molecule has 0 saturated carbocycles. The lowest BCUT2D eigenvalue weighted by Gasteiger charge is -2.28. The maximum absolute atomic E-state index is 12.4. The molecule has 122 valence electrons. The highest BCUT2D eigenvalue weighted by Crippen LogP contribution is 2.22. The van der Waals surface area contributed by atoms with Crippen LogP contribution >= 0.6 is 11.3 Å². The van der Waals surface area contributed by atoms with E-state index in [1.54, 1.807) is 11.3 Å². The third kappa shape index (κ3) is 3.24. The minimum Gasteiger partial charge on any atom is -0.309 e. The summed E-state index contributed by atoms with van der Waals surface area (Å²) in [5, 5.41) is 5.59. The number of nitrogens with one attached hydrogen (secondary N) is 2. The smallest absolute Gasteiger partial charge is 0.254 e. The molecule has 0 aromatic carbocycles. The van der Waals surface area contributed by atoms with Gasteiger partial charge in [-0.2, -0.15) is 0 Å². The zero-order valence-corrected chi connectivity index (χ0v) is 14.0. The van der Waals surface area contributed by atoms with Gasteiger partial charge in [0.05, 0.1) is 11.7 Å². The van der Waals surface area contributed by atoms with Crippen molar-refractivity contribution in [3.63, 3.8) is 0 Å². The molecular weight excluding hydrogens is 308 g/mol. The van der Waals surface area contributed by atoms with Gasteiger partial charge in [-0.3, -0.25) is 9.69 Å². The van der Waals surface area contributed by atoms with Crippen LogP contribution in [0.5, 0.6) is 0 Å². The van der Waals surface area contributed by atoms with Crippen LogP contribution < -0.4 is 10.9 Å². The average molecular weight is 330 g/mol. The molecule has 1 fully saturated rings. The van der Waals surface area contributed by atoms with Gasteiger partial charge in [0, 0.05) is 30.1 Å². The molecule has 0 radical (unpaired) electrons. The van der Waals surface area contributed by atoms with E-state index in [0.717, 1.165) is 56.1 Å². The van der Waals surface area contributed by atoms with Gasteiger partial charge in [0.1, 0.15) is 5.82 Å². The van der Waals surface area contributed by atoms with Crippen molar-refractivity contribution in [2.75, 3.05) is 13.1 Å². The molecule has 6 heteroatoms. The number of thiophene rings is 1. The highest BCUT2D eigenvalue weighted by molar-refractivity contribution is 7.09. The summed E-state index contributed by atoms with van der Waals surface area (Å²) in [5.74, 6) is 0.825. The van der Waals surface area contributed by atoms with Gasteiger partial charge in [-0.15, -0.1) is 11.3 Å². The van der Waals surface area contributed by atoms with Crippen molar-refractivity contribution in [2.24, 2.45) is 0 Å². The summed E-state index contributed by atoms with van der Waals surface area (Å²) in [4.78, 5) is 24.0. The second-order valence-corrected chi connectivity index (χ2v) is 7.45. The predicted molar refractivity (Wildman–Crippen MR) is 91.6 cm³/mol. The monoisotopic (exact) mass is 330 g/mol. The van der Waals surface area contributed by atoms with E-state index >= 15 is 0 Å². The second kappa shape index (κ2) is 6.55. The van der Waals surface area contributed by atoms with Crippen molar-refractivity contribution < 1.29 is 0 Å². The van der Waals surface area contributed by atoms with E-state index in [0.29, 0.717) is 0 Å². The van der Waals surface area contributed by atoms with Crippen molar-refractivity contribution in [1.82, 2.24) is 20.2 Å². The zero-order chi connectivity index (χ0) is 15.6. The van der Waals surface area contributed by atoms with Crippen LogP contribution in [0, 0.1) is 0 Å². The molecule has 0 unspecified atom stereocenters. The van der Waals surface area contributed by atoms with Crippen LogP contribution in [0.3, 0.4) is 0 Å². The fourth-order valence-corrected chi connectivity index (χ4v) is 4.27. The minimum absolute atomic E-state index is 0.0631. The number of rotatable bonds is 3. The van der Waals surface area contributed by atoms with Gasteiger partial charge < -0.3 is 10.3 Å². The summed E-state index contributed by atoms with van der Waals surface area (Å²) >= 11 is 1.79. The van der Waals surface area contributed by atoms with Gasteiger partial charge in [-0.25, -0.2) is 4.98 Å². The summed E-state index contributed by atoms with van der Waals surface area (Å²) in [6.45, 7) is 3.66. The van der Waals surface area contributed by atoms with Gasteiger partial charge in [0.15, 0.2) is 0 Å². The summed E-state index contributed by atoms with van der Waals surface area (Å²) < 4.78 is 0. The number of aromatic amines is 1. The number of hydrogen-bond acceptors (Lipinski definition) is 5. The van der Waals surface area contributed by atoms with Gasteiger partial charge in [0.2, 0.25) is 0 Å². The Morgan fingerprint density at radius 2 is 2.35 bits per heavy atom. The number of aromatic nitrogens is 2. The molecule has 4 rings (SSSR count). The van der Waals surface area contributed by atoms with E-state index in [-0.39, 0.29) is 11.6 Å². The molecule has 5 nitrogen and oxygen atoms in total. The third-order valence-corrected chi connectivity index (χ3v) is 5.63. The number of hydrogen-bond donors (Lipinski definition) is 2. The fourth-order valence-electron chi connectivity index (χ4n) is 3.52. The molecule has 23 heavy (non-hydrogen) atoms. The van der Waals surface area contributed by atoms with Crippen molar-refractivity contribution in [2.45, 2.75) is 44.8 Å². The van der Waals surface area contributed by atoms with Gasteiger partial charge in [0.25, 0.3) is 5.56 Å². The molecule has 1 atom stereocenters. The fraction of sp³-hybridized carbons (Fsp3) is 0.529. The van der Waals surface area contributed by atoms with Crippen LogP contribution in [0.2, 0.25) is 0 Å². The van der Waals surface area contributed by atoms with Crippen molar-refractivity contribution in [3.05, 3.63) is 49.8 Å². The van der Waals surface area contributed by atoms with E-state index in [1.807, 2.05) is 0 Å². The molecule has 1 saturated heterocycles. The largest absolute Gasteiger partial charge is 0.309 e. The molecule has 2 aromatic rings. The van der Waals surface area contributed by atoms with Crippen LogP contribution in [0.15, 0.2) is 22.3 Å². The molecule has 2 N–H and O–H groups in total. The molecule has 0 spiro atoms. The molecule has 0 bridgehead atoms. The zero-order valence-electron chi connectivity index (χ0n) is 13.2. The predicted octanol–water partition coefficient (Wildman–Crippen LogP) is 2.20. The first kappa shape index (κ1) is 15.1. The maximum Gasteiger partial charge on any atom is 0.254 e. The Morgan fingerprint density at radius 3 is 3.13 bits per heavy atom. The van der Waals surface area contributed by atoms with Crippen LogP contribution in [0.4, 0.5) is 0 Å². The topological polar surface area (TPSA) is 61.0 Å². The van der Waals surface area contributed by atoms with Crippen molar-refractivity contribution >= 4 is 11.3 Å². The highest BCUT2D eigenvalue weighted by Gasteiger charge is 2.24. The lowest BCUT2D eigenvalue weighted by Crippen LogP contribution is -2.37. The quantitative estimate of drug-likeness (QED) is 0.906. The molecule has 2 aromatic heterocycles. The van der Waals surface area contributed by atoms with Crippen molar-refractivity contribution in [1.29, 1.82) is 0 Å². The van der Waals surface area contributed by atoms with Crippen molar-refractivity contribution in [3.8, 4) is 0 Å². The highest BCUT2D eigenvalue weighted by atomic mass is 32.1. The van der Waals surface area contributed by atoms with E-state index in [2.05, 4.69) is 32.7 Å². The Hall–Kier alpha value is -1.50. The maximum atomic E-state index is 12.4. The average Bonchev–Trinajstić information content (AvgIpc) is 3.08. The van der Waals surface area contributed by atoms with Gasteiger partial charge in [-0.05, 0) is 37.3 Å². The summed E-state index contributed by atoms with van der Waals surface area (Å²) in [6, 6.07) is 4.46. The molecule has 2 aliphatic rings. The Morgan fingerprint density at radius 1 is 1.39 bits per heavy atom. The third-order valence-electron chi connectivity index (χ3n) is 4.77. The minimum atomic E-state index is 0.0631. The number of piperidine rings is 1. The number of fused-ring (bicyclic) bond motifs is 1. The summed E-state index contributed by atoms with van der Waals surface area (Å²) in [6.07, 6.45) is 4.26. The lowest BCUT2D eigenvalue weighted by molar-refractivity contribution is 0.241. The molecular formula is C17H22N4OS. The van der Waals surface area contributed by atoms with Crippen LogP contribution in [0.1, 0.15) is 47.3 Å². The molecule has 0 aliphatic carbocycles. The standard InChI is InChI=1S/C17H22N4OS/c22-17-13-6-8-21(10-12-4-3-9-23-12)11-15(13)19-16(20-17)14-5-1-2-7-18-14/h3-4,9,14,18H,1-2,5-8,10-11H2,(H,19,20,22)/t14-/m1/s1. The van der Waals surface area contributed by atoms with Gasteiger partial charge >= 0.3 is 0 Å². The first-order valence-corrected chi connectivity index (χ1v) is 9.27. The Kier molecular flexibility index (Phi) is 4.29. The first-order chi connectivity index (χ1) is 11.3. The molecule has 4 heterocycles. The lowest BCUT2D eigenvalue weighted by atomic mass is 10.0. The number of H-pyrrole nitrogens is 1. The van der Waals surface area contributed by atoms with E-state index in [4.69, 9.17) is 4.98 Å². The van der Waals surface area contributed by atoms with Crippen LogP contribution in [-0.4, -0.2) is 28.0 Å². The van der Waals surface area contributed by atoms with Crippen LogP contribution in [0.25, 0.3) is 0 Å². The van der Waals surface area contributed by atoms with Gasteiger partial charge in [-0.1, -0.05) is 12.5 Å². The summed E-state index contributed by atoms with van der Waals surface area (Å²) in [7, 11) is 0. The summed E-state index contributed by atoms with van der Waals surface area (Å²) in [5.41, 5.74) is 1.92. The SMILES string of the molecule is O=c1[nH]c([C@H]2CCCCN2)nc2c1CCN(Cc1cccs1)C2. The second-order valence-electron chi connectivity index (χ2n) is 6.42. The first-order valence-electron chi connectivity index (χ1n) is 8.40. The van der Waals surface area contributed by atoms with E-state index in [1.165, 1.54) is 17.7 Å². The van der Waals surface area contributed by atoms with Crippen LogP contribution in [-0.2, 0) is 19.5 Å². The molecule has 2 aliphatic heterocycles. The van der Waals surface area contributed by atoms with E-state index in [9.17, 15) is 4.79 Å².